The van der Waals surface area contributed by atoms with Crippen molar-refractivity contribution in [2.24, 2.45) is 0 Å². The number of carbonyl (C=O) groups is 1. The Morgan fingerprint density at radius 2 is 1.38 bits per heavy atom. The molecule has 0 unspecified atom stereocenters. The van der Waals surface area contributed by atoms with Crippen LogP contribution in [0.15, 0.2) is 92.4 Å². The highest BCUT2D eigenvalue weighted by Crippen LogP contribution is 2.09. The zero-order valence-corrected chi connectivity index (χ0v) is 18.7. The SMILES string of the molecule is C=COC(C)=O.C=C[Si](OCC)(OCC)c1ccccc1.C=Cc1ccccc1. The number of hydrogen-bond donors (Lipinski definition) is 0. The van der Waals surface area contributed by atoms with E-state index in [0.717, 1.165) is 11.4 Å². The molecule has 0 aromatic heterocycles. The quantitative estimate of drug-likeness (QED) is 0.341. The minimum atomic E-state index is -2.38. The molecule has 0 aliphatic carbocycles. The van der Waals surface area contributed by atoms with E-state index in [4.69, 9.17) is 8.85 Å². The summed E-state index contributed by atoms with van der Waals surface area (Å²) < 4.78 is 15.8. The summed E-state index contributed by atoms with van der Waals surface area (Å²) in [5, 5.41) is 1.11. The molecule has 0 bridgehead atoms. The lowest BCUT2D eigenvalue weighted by atomic mass is 10.2. The van der Waals surface area contributed by atoms with Crippen LogP contribution in [-0.4, -0.2) is 27.7 Å². The van der Waals surface area contributed by atoms with Crippen molar-refractivity contribution >= 4 is 25.8 Å². The first kappa shape index (κ1) is 26.3. The Balaban J connectivity index is 0.000000468. The second-order valence-electron chi connectivity index (χ2n) is 5.49. The Bertz CT molecular complexity index is 708. The number of benzene rings is 2. The molecule has 0 aliphatic heterocycles. The number of hydrogen-bond acceptors (Lipinski definition) is 4. The molecule has 29 heavy (non-hydrogen) atoms. The molecule has 156 valence electrons. The van der Waals surface area contributed by atoms with E-state index >= 15 is 0 Å². The van der Waals surface area contributed by atoms with E-state index in [1.54, 1.807) is 0 Å². The van der Waals surface area contributed by atoms with Gasteiger partial charge in [0.1, 0.15) is 0 Å². The average Bonchev–Trinajstić information content (AvgIpc) is 2.75. The lowest BCUT2D eigenvalue weighted by molar-refractivity contribution is -0.135. The molecule has 2 aromatic rings. The van der Waals surface area contributed by atoms with Crippen LogP contribution >= 0.6 is 0 Å². The molecule has 0 amide bonds. The molecule has 2 rings (SSSR count). The first-order valence-corrected chi connectivity index (χ1v) is 11.3. The van der Waals surface area contributed by atoms with Crippen molar-refractivity contribution < 1.29 is 18.4 Å². The summed E-state index contributed by atoms with van der Waals surface area (Å²) in [6.07, 6.45) is 2.93. The summed E-state index contributed by atoms with van der Waals surface area (Å²) in [6.45, 7) is 17.2. The Kier molecular flexibility index (Phi) is 14.7. The van der Waals surface area contributed by atoms with Crippen molar-refractivity contribution in [3.05, 3.63) is 97.9 Å². The van der Waals surface area contributed by atoms with Gasteiger partial charge in [0, 0.05) is 20.1 Å². The monoisotopic (exact) mass is 412 g/mol. The zero-order valence-electron chi connectivity index (χ0n) is 17.7. The van der Waals surface area contributed by atoms with Gasteiger partial charge in [-0.1, -0.05) is 79.9 Å². The van der Waals surface area contributed by atoms with Gasteiger partial charge in [0.25, 0.3) is 0 Å². The Morgan fingerprint density at radius 1 is 0.897 bits per heavy atom. The van der Waals surface area contributed by atoms with Crippen LogP contribution in [0.5, 0.6) is 0 Å². The van der Waals surface area contributed by atoms with Crippen molar-refractivity contribution in [1.29, 1.82) is 0 Å². The highest BCUT2D eigenvalue weighted by Gasteiger charge is 2.35. The van der Waals surface area contributed by atoms with Crippen LogP contribution < -0.4 is 5.19 Å². The molecular formula is C24H32O4Si. The minimum absolute atomic E-state index is 0.329. The smallest absolute Gasteiger partial charge is 0.399 e. The fourth-order valence-electron chi connectivity index (χ4n) is 2.25. The molecular weight excluding hydrogens is 380 g/mol. The summed E-state index contributed by atoms with van der Waals surface area (Å²) in [6, 6.07) is 20.1. The third kappa shape index (κ3) is 11.0. The molecule has 0 radical (unpaired) electrons. The zero-order chi connectivity index (χ0) is 22.0. The minimum Gasteiger partial charge on any atom is -0.435 e. The lowest BCUT2D eigenvalue weighted by Gasteiger charge is -2.26. The maximum absolute atomic E-state index is 9.75. The normalized spacial score (nSPS) is 9.62. The third-order valence-corrected chi connectivity index (χ3v) is 6.56. The van der Waals surface area contributed by atoms with Gasteiger partial charge < -0.3 is 13.6 Å². The predicted molar refractivity (Wildman–Crippen MR) is 124 cm³/mol. The van der Waals surface area contributed by atoms with Gasteiger partial charge in [-0.2, -0.15) is 0 Å². The van der Waals surface area contributed by atoms with Crippen molar-refractivity contribution in [3.8, 4) is 0 Å². The molecule has 0 saturated carbocycles. The molecule has 0 atom stereocenters. The van der Waals surface area contributed by atoms with Gasteiger partial charge in [0.2, 0.25) is 0 Å². The maximum atomic E-state index is 9.75. The van der Waals surface area contributed by atoms with Crippen LogP contribution in [0.4, 0.5) is 0 Å². The average molecular weight is 413 g/mol. The van der Waals surface area contributed by atoms with Crippen molar-refractivity contribution in [1.82, 2.24) is 0 Å². The largest absolute Gasteiger partial charge is 0.435 e. The lowest BCUT2D eigenvalue weighted by Crippen LogP contribution is -2.52. The van der Waals surface area contributed by atoms with E-state index in [1.807, 2.05) is 86.3 Å². The van der Waals surface area contributed by atoms with Gasteiger partial charge in [-0.3, -0.25) is 4.79 Å². The number of esters is 1. The van der Waals surface area contributed by atoms with Gasteiger partial charge in [-0.15, -0.1) is 6.58 Å². The topological polar surface area (TPSA) is 44.8 Å². The number of rotatable bonds is 8. The van der Waals surface area contributed by atoms with E-state index < -0.39 is 8.56 Å². The van der Waals surface area contributed by atoms with Crippen LogP contribution in [-0.2, 0) is 18.4 Å². The molecule has 0 N–H and O–H groups in total. The van der Waals surface area contributed by atoms with Gasteiger partial charge in [0.05, 0.1) is 6.26 Å². The number of carbonyl (C=O) groups excluding carboxylic acids is 1. The van der Waals surface area contributed by atoms with Crippen LogP contribution in [0.25, 0.3) is 6.08 Å². The fraction of sp³-hybridized carbons (Fsp3) is 0.208. The van der Waals surface area contributed by atoms with Crippen molar-refractivity contribution in [3.63, 3.8) is 0 Å². The Morgan fingerprint density at radius 3 is 1.66 bits per heavy atom. The van der Waals surface area contributed by atoms with Gasteiger partial charge in [-0.05, 0) is 30.3 Å². The van der Waals surface area contributed by atoms with Crippen molar-refractivity contribution in [2.75, 3.05) is 13.2 Å². The van der Waals surface area contributed by atoms with E-state index in [9.17, 15) is 4.79 Å². The summed E-state index contributed by atoms with van der Waals surface area (Å²) in [7, 11) is -2.38. The number of ether oxygens (including phenoxy) is 1. The molecule has 0 heterocycles. The van der Waals surface area contributed by atoms with E-state index in [2.05, 4.69) is 24.5 Å². The second kappa shape index (κ2) is 16.2. The van der Waals surface area contributed by atoms with Gasteiger partial charge in [0.15, 0.2) is 0 Å². The highest BCUT2D eigenvalue weighted by atomic mass is 28.4. The van der Waals surface area contributed by atoms with E-state index in [1.165, 1.54) is 12.5 Å². The summed E-state index contributed by atoms with van der Waals surface area (Å²) >= 11 is 0. The van der Waals surface area contributed by atoms with Crippen LogP contribution in [0, 0.1) is 0 Å². The summed E-state index contributed by atoms with van der Waals surface area (Å²) in [4.78, 5) is 9.75. The van der Waals surface area contributed by atoms with Gasteiger partial charge >= 0.3 is 14.5 Å². The molecule has 0 spiro atoms. The maximum Gasteiger partial charge on any atom is 0.399 e. The van der Waals surface area contributed by atoms with Crippen LogP contribution in [0.1, 0.15) is 26.3 Å². The first-order valence-electron chi connectivity index (χ1n) is 9.42. The molecule has 5 heteroatoms. The first-order chi connectivity index (χ1) is 14.0. The molecule has 0 saturated heterocycles. The standard InChI is InChI=1S/C12H18O2Si.C8H8.C4H6O2/c1-4-13-15(6-3,14-5-2)12-10-8-7-9-11-12;1-2-8-6-4-3-5-7-8;1-3-6-4(2)5/h6-11H,3-5H2,1-2H3;2-7H,1H2;3H,1H2,2H3. The Hall–Kier alpha value is -2.73. The molecule has 4 nitrogen and oxygen atoms in total. The van der Waals surface area contributed by atoms with Crippen LogP contribution in [0.2, 0.25) is 0 Å². The van der Waals surface area contributed by atoms with E-state index in [0.29, 0.717) is 13.2 Å². The highest BCUT2D eigenvalue weighted by molar-refractivity contribution is 6.85. The third-order valence-electron chi connectivity index (χ3n) is 3.45. The van der Waals surface area contributed by atoms with Gasteiger partial charge in [-0.25, -0.2) is 0 Å². The van der Waals surface area contributed by atoms with E-state index in [-0.39, 0.29) is 5.97 Å². The summed E-state index contributed by atoms with van der Waals surface area (Å²) in [5.41, 5.74) is 3.02. The molecule has 0 aliphatic rings. The second-order valence-corrected chi connectivity index (χ2v) is 8.39. The molecule has 2 aromatic carbocycles. The fourth-order valence-corrected chi connectivity index (χ4v) is 4.65. The van der Waals surface area contributed by atoms with Crippen molar-refractivity contribution in [2.45, 2.75) is 20.8 Å². The molecule has 0 fully saturated rings. The summed E-state index contributed by atoms with van der Waals surface area (Å²) in [5.74, 6) is -0.329. The predicted octanol–water partition coefficient (Wildman–Crippen LogP) is 5.16. The van der Waals surface area contributed by atoms with Crippen LogP contribution in [0.3, 0.4) is 0 Å². The Labute approximate surface area is 176 Å².